The molecule has 0 spiro atoms. The number of hydrogen-bond donors (Lipinski definition) is 2. The van der Waals surface area contributed by atoms with Gasteiger partial charge < -0.3 is 19.5 Å². The molecule has 170 valence electrons. The number of aliphatic hydroxyl groups excluding tert-OH is 1. The van der Waals surface area contributed by atoms with Crippen LogP contribution in [0.5, 0.6) is 0 Å². The molecule has 1 aromatic heterocycles. The Morgan fingerprint density at radius 2 is 1.87 bits per heavy atom. The minimum Gasteiger partial charge on any atom is -0.448 e. The van der Waals surface area contributed by atoms with Gasteiger partial charge in [-0.05, 0) is 98.9 Å². The van der Waals surface area contributed by atoms with Crippen molar-refractivity contribution < 1.29 is 14.6 Å². The van der Waals surface area contributed by atoms with Crippen LogP contribution in [0.4, 0.5) is 5.88 Å². The summed E-state index contributed by atoms with van der Waals surface area (Å²) in [4.78, 5) is 2.32. The SMILES string of the molecule is C[C@]12CC(O)(c3ccoc3N3CCCC3)CC=C1CC[C@@H]1[C@H]2CC[C@]2(C)C(O)CC[C@@H]12. The number of fused-ring (bicyclic) bond motifs is 5. The summed E-state index contributed by atoms with van der Waals surface area (Å²) >= 11 is 0. The second kappa shape index (κ2) is 6.87. The number of rotatable bonds is 2. The predicted octanol–water partition coefficient (Wildman–Crippen LogP) is 5.39. The van der Waals surface area contributed by atoms with Crippen molar-refractivity contribution in [1.29, 1.82) is 0 Å². The van der Waals surface area contributed by atoms with E-state index in [0.29, 0.717) is 24.2 Å². The lowest BCUT2D eigenvalue weighted by Gasteiger charge is -2.59. The number of hydrogen-bond acceptors (Lipinski definition) is 4. The van der Waals surface area contributed by atoms with E-state index in [1.54, 1.807) is 11.8 Å². The van der Waals surface area contributed by atoms with Gasteiger partial charge in [0.1, 0.15) is 0 Å². The molecule has 1 aromatic rings. The molecular formula is C27H39NO3. The Labute approximate surface area is 186 Å². The second-order valence-electron chi connectivity index (χ2n) is 11.9. The van der Waals surface area contributed by atoms with Gasteiger partial charge in [-0.15, -0.1) is 0 Å². The Bertz CT molecular complexity index is 885. The normalized spacial score (nSPS) is 47.0. The Morgan fingerprint density at radius 1 is 1.06 bits per heavy atom. The average molecular weight is 426 g/mol. The zero-order valence-corrected chi connectivity index (χ0v) is 19.3. The highest BCUT2D eigenvalue weighted by Crippen LogP contribution is 2.67. The molecule has 5 aliphatic rings. The summed E-state index contributed by atoms with van der Waals surface area (Å²) in [6, 6.07) is 2.03. The zero-order chi connectivity index (χ0) is 21.4. The molecule has 2 heterocycles. The summed E-state index contributed by atoms with van der Waals surface area (Å²) in [7, 11) is 0. The highest BCUT2D eigenvalue weighted by atomic mass is 16.4. The van der Waals surface area contributed by atoms with Crippen LogP contribution in [0.3, 0.4) is 0 Å². The van der Waals surface area contributed by atoms with Crippen LogP contribution in [0.2, 0.25) is 0 Å². The van der Waals surface area contributed by atoms with E-state index in [4.69, 9.17) is 4.42 Å². The van der Waals surface area contributed by atoms with Gasteiger partial charge in [0, 0.05) is 18.7 Å². The number of allylic oxidation sites excluding steroid dienone is 1. The van der Waals surface area contributed by atoms with Gasteiger partial charge in [0.15, 0.2) is 0 Å². The van der Waals surface area contributed by atoms with Gasteiger partial charge in [-0.1, -0.05) is 25.5 Å². The molecule has 0 bridgehead atoms. The third-order valence-electron chi connectivity index (χ3n) is 10.6. The summed E-state index contributed by atoms with van der Waals surface area (Å²) in [5, 5.41) is 22.8. The molecule has 2 N–H and O–H groups in total. The van der Waals surface area contributed by atoms with Crippen molar-refractivity contribution in [2.24, 2.45) is 28.6 Å². The van der Waals surface area contributed by atoms with Crippen molar-refractivity contribution in [3.8, 4) is 0 Å². The molecule has 0 amide bonds. The lowest BCUT2D eigenvalue weighted by molar-refractivity contribution is -0.101. The van der Waals surface area contributed by atoms with Crippen molar-refractivity contribution in [2.75, 3.05) is 18.0 Å². The van der Waals surface area contributed by atoms with Crippen LogP contribution < -0.4 is 4.90 Å². The molecule has 1 aliphatic heterocycles. The third kappa shape index (κ3) is 2.80. The minimum atomic E-state index is -0.846. The van der Waals surface area contributed by atoms with Gasteiger partial charge in [0.2, 0.25) is 5.88 Å². The zero-order valence-electron chi connectivity index (χ0n) is 19.3. The van der Waals surface area contributed by atoms with Crippen LogP contribution in [0.25, 0.3) is 0 Å². The maximum absolute atomic E-state index is 12.1. The largest absolute Gasteiger partial charge is 0.448 e. The van der Waals surface area contributed by atoms with Crippen LogP contribution >= 0.6 is 0 Å². The molecule has 4 fully saturated rings. The molecule has 31 heavy (non-hydrogen) atoms. The molecule has 6 rings (SSSR count). The first-order chi connectivity index (χ1) is 14.9. The average Bonchev–Trinajstić information content (AvgIpc) is 3.47. The lowest BCUT2D eigenvalue weighted by atomic mass is 9.46. The quantitative estimate of drug-likeness (QED) is 0.624. The highest BCUT2D eigenvalue weighted by molar-refractivity contribution is 5.50. The monoisotopic (exact) mass is 425 g/mol. The van der Waals surface area contributed by atoms with Gasteiger partial charge in [0.25, 0.3) is 0 Å². The number of anilines is 1. The lowest BCUT2D eigenvalue weighted by Crippen LogP contribution is -2.53. The van der Waals surface area contributed by atoms with Gasteiger partial charge in [-0.25, -0.2) is 0 Å². The van der Waals surface area contributed by atoms with E-state index in [1.165, 1.54) is 38.5 Å². The number of nitrogens with zero attached hydrogens (tertiary/aromatic N) is 1. The molecule has 3 saturated carbocycles. The van der Waals surface area contributed by atoms with E-state index in [9.17, 15) is 10.2 Å². The maximum atomic E-state index is 12.1. The molecule has 0 aromatic carbocycles. The summed E-state index contributed by atoms with van der Waals surface area (Å²) in [5.41, 5.74) is 1.90. The van der Waals surface area contributed by atoms with Crippen LogP contribution in [0.1, 0.15) is 83.6 Å². The van der Waals surface area contributed by atoms with E-state index in [-0.39, 0.29) is 16.9 Å². The molecule has 7 atom stereocenters. The van der Waals surface area contributed by atoms with Crippen molar-refractivity contribution >= 4 is 5.88 Å². The first kappa shape index (κ1) is 20.4. The fraction of sp³-hybridized carbons (Fsp3) is 0.778. The van der Waals surface area contributed by atoms with E-state index in [2.05, 4.69) is 24.8 Å². The summed E-state index contributed by atoms with van der Waals surface area (Å²) < 4.78 is 5.94. The smallest absolute Gasteiger partial charge is 0.201 e. The van der Waals surface area contributed by atoms with E-state index < -0.39 is 5.60 Å². The molecule has 1 saturated heterocycles. The van der Waals surface area contributed by atoms with E-state index in [0.717, 1.165) is 43.8 Å². The Morgan fingerprint density at radius 3 is 2.68 bits per heavy atom. The summed E-state index contributed by atoms with van der Waals surface area (Å²) in [6.45, 7) is 6.86. The first-order valence-electron chi connectivity index (χ1n) is 12.8. The van der Waals surface area contributed by atoms with Crippen LogP contribution in [-0.2, 0) is 5.60 Å². The van der Waals surface area contributed by atoms with Gasteiger partial charge in [0.05, 0.1) is 18.0 Å². The van der Waals surface area contributed by atoms with E-state index >= 15 is 0 Å². The van der Waals surface area contributed by atoms with Crippen molar-refractivity contribution in [3.05, 3.63) is 29.5 Å². The third-order valence-corrected chi connectivity index (χ3v) is 10.6. The molecule has 4 aliphatic carbocycles. The Balaban J connectivity index is 1.34. The van der Waals surface area contributed by atoms with Crippen molar-refractivity contribution in [1.82, 2.24) is 0 Å². The van der Waals surface area contributed by atoms with Gasteiger partial charge >= 0.3 is 0 Å². The van der Waals surface area contributed by atoms with Crippen molar-refractivity contribution in [3.63, 3.8) is 0 Å². The second-order valence-corrected chi connectivity index (χ2v) is 11.9. The molecule has 4 nitrogen and oxygen atoms in total. The Hall–Kier alpha value is -1.26. The fourth-order valence-electron chi connectivity index (χ4n) is 8.88. The van der Waals surface area contributed by atoms with Crippen LogP contribution in [0.15, 0.2) is 28.4 Å². The maximum Gasteiger partial charge on any atom is 0.201 e. The van der Waals surface area contributed by atoms with Gasteiger partial charge in [-0.3, -0.25) is 0 Å². The van der Waals surface area contributed by atoms with E-state index in [1.807, 2.05) is 6.07 Å². The van der Waals surface area contributed by atoms with Crippen LogP contribution in [-0.4, -0.2) is 29.4 Å². The minimum absolute atomic E-state index is 0.0460. The standard InChI is InChI=1S/C27H39NO3/c1-25-12-10-21-19(20(25)7-8-23(25)29)6-5-18-9-13-27(30,17-26(18,21)2)22-11-16-31-24(22)28-14-3-4-15-28/h9,11,16,19-21,23,29-30H,3-8,10,12-15,17H2,1-2H3/t19-,20-,21+,23?,25-,26-,27?/m0/s1. The fourth-order valence-corrected chi connectivity index (χ4v) is 8.88. The van der Waals surface area contributed by atoms with Gasteiger partial charge in [-0.2, -0.15) is 0 Å². The molecule has 2 unspecified atom stereocenters. The topological polar surface area (TPSA) is 56.8 Å². The molecule has 4 heteroatoms. The first-order valence-corrected chi connectivity index (χ1v) is 12.8. The van der Waals surface area contributed by atoms with Crippen LogP contribution in [0, 0.1) is 28.6 Å². The summed E-state index contributed by atoms with van der Waals surface area (Å²) in [6.07, 6.45) is 14.9. The van der Waals surface area contributed by atoms with Crippen molar-refractivity contribution in [2.45, 2.75) is 89.8 Å². The molecule has 0 radical (unpaired) electrons. The highest BCUT2D eigenvalue weighted by Gasteiger charge is 2.60. The summed E-state index contributed by atoms with van der Waals surface area (Å²) in [5.74, 6) is 2.85. The number of aliphatic hydroxyl groups is 2. The number of furan rings is 1. The Kier molecular flexibility index (Phi) is 4.51. The molecular weight excluding hydrogens is 386 g/mol. The predicted molar refractivity (Wildman–Crippen MR) is 122 cm³/mol.